The minimum atomic E-state index is -0.316. The third-order valence-electron chi connectivity index (χ3n) is 5.27. The second-order valence-electron chi connectivity index (χ2n) is 7.06. The Hall–Kier alpha value is -3.81. The van der Waals surface area contributed by atoms with Crippen LogP contribution in [0.2, 0.25) is 0 Å². The predicted octanol–water partition coefficient (Wildman–Crippen LogP) is 3.73. The summed E-state index contributed by atoms with van der Waals surface area (Å²) in [5, 5.41) is 8.44. The molecule has 7 nitrogen and oxygen atoms in total. The van der Waals surface area contributed by atoms with Gasteiger partial charge in [0.05, 0.1) is 34.9 Å². The number of hydrogen-bond donors (Lipinski definition) is 0. The highest BCUT2D eigenvalue weighted by Gasteiger charge is 2.23. The van der Waals surface area contributed by atoms with Gasteiger partial charge in [-0.15, -0.1) is 0 Å². The van der Waals surface area contributed by atoms with Crippen LogP contribution < -0.4 is 0 Å². The average Bonchev–Trinajstić information content (AvgIpc) is 3.43. The van der Waals surface area contributed by atoms with Gasteiger partial charge in [0.25, 0.3) is 5.91 Å². The quantitative estimate of drug-likeness (QED) is 0.508. The monoisotopic (exact) mass is 404 g/mol. The van der Waals surface area contributed by atoms with Gasteiger partial charge in [-0.3, -0.25) is 4.79 Å². The van der Waals surface area contributed by atoms with E-state index in [1.807, 2.05) is 38.1 Å². The second-order valence-corrected chi connectivity index (χ2v) is 7.06. The maximum absolute atomic E-state index is 13.2. The normalized spacial score (nSPS) is 12.0. The smallest absolute Gasteiger partial charge is 0.257 e. The largest absolute Gasteiger partial charge is 0.335 e. The van der Waals surface area contributed by atoms with Gasteiger partial charge in [0, 0.05) is 7.05 Å². The van der Waals surface area contributed by atoms with Crippen molar-refractivity contribution in [1.29, 1.82) is 0 Å². The second kappa shape index (κ2) is 7.90. The van der Waals surface area contributed by atoms with Crippen molar-refractivity contribution in [2.45, 2.75) is 19.9 Å². The molecule has 30 heavy (non-hydrogen) atoms. The van der Waals surface area contributed by atoms with Crippen LogP contribution in [-0.4, -0.2) is 42.4 Å². The predicted molar refractivity (Wildman–Crippen MR) is 110 cm³/mol. The molecule has 1 amide bonds. The summed E-state index contributed by atoms with van der Waals surface area (Å²) in [6, 6.07) is 13.7. The van der Waals surface area contributed by atoms with E-state index in [9.17, 15) is 9.18 Å². The molecule has 0 aliphatic carbocycles. The number of carbonyl (C=O) groups is 1. The van der Waals surface area contributed by atoms with Crippen molar-refractivity contribution < 1.29 is 9.18 Å². The molecule has 0 saturated heterocycles. The molecule has 2 heterocycles. The Morgan fingerprint density at radius 2 is 1.70 bits per heavy atom. The summed E-state index contributed by atoms with van der Waals surface area (Å²) in [6.07, 6.45) is 4.67. The van der Waals surface area contributed by atoms with Crippen LogP contribution in [0.5, 0.6) is 0 Å². The summed E-state index contributed by atoms with van der Waals surface area (Å²) in [5.74, 6) is -0.447. The highest BCUT2D eigenvalue weighted by molar-refractivity contribution is 5.95. The minimum Gasteiger partial charge on any atom is -0.335 e. The first-order valence-corrected chi connectivity index (χ1v) is 9.48. The van der Waals surface area contributed by atoms with Gasteiger partial charge in [-0.25, -0.2) is 18.7 Å². The summed E-state index contributed by atoms with van der Waals surface area (Å²) in [6.45, 7) is 3.80. The van der Waals surface area contributed by atoms with E-state index in [0.29, 0.717) is 16.9 Å². The molecule has 0 aliphatic rings. The standard InChI is InChI=1S/C22H21FN6O/c1-15(17-4-8-19(9-5-17)28-14-24-13-26-28)27(3)22(30)21-12-25-29(16(21)2)20-10-6-18(23)7-11-20/h4-15H,1-3H3/t15-/m0/s1. The highest BCUT2D eigenvalue weighted by atomic mass is 19.1. The molecule has 2 aromatic heterocycles. The van der Waals surface area contributed by atoms with Crippen LogP contribution in [0.4, 0.5) is 4.39 Å². The maximum atomic E-state index is 13.2. The Kier molecular flexibility index (Phi) is 5.14. The first kappa shape index (κ1) is 19.5. The summed E-state index contributed by atoms with van der Waals surface area (Å²) in [5.41, 5.74) is 3.81. The van der Waals surface area contributed by atoms with E-state index in [1.54, 1.807) is 46.0 Å². The molecule has 0 N–H and O–H groups in total. The van der Waals surface area contributed by atoms with Crippen LogP contribution >= 0.6 is 0 Å². The molecule has 152 valence electrons. The fraction of sp³-hybridized carbons (Fsp3) is 0.182. The average molecular weight is 404 g/mol. The Morgan fingerprint density at radius 3 is 2.33 bits per heavy atom. The molecule has 0 unspecified atom stereocenters. The highest BCUT2D eigenvalue weighted by Crippen LogP contribution is 2.24. The van der Waals surface area contributed by atoms with Gasteiger partial charge < -0.3 is 4.90 Å². The lowest BCUT2D eigenvalue weighted by Gasteiger charge is -2.25. The number of carbonyl (C=O) groups excluding carboxylic acids is 1. The number of halogens is 1. The van der Waals surface area contributed by atoms with Crippen molar-refractivity contribution in [2.24, 2.45) is 0 Å². The Bertz CT molecular complexity index is 1150. The summed E-state index contributed by atoms with van der Waals surface area (Å²) < 4.78 is 16.5. The minimum absolute atomic E-state index is 0.131. The molecule has 8 heteroatoms. The lowest BCUT2D eigenvalue weighted by atomic mass is 10.1. The molecule has 0 bridgehead atoms. The zero-order valence-electron chi connectivity index (χ0n) is 16.9. The molecule has 0 saturated carbocycles. The van der Waals surface area contributed by atoms with E-state index < -0.39 is 0 Å². The van der Waals surface area contributed by atoms with Gasteiger partial charge in [0.15, 0.2) is 0 Å². The molecule has 4 rings (SSSR count). The van der Waals surface area contributed by atoms with Crippen LogP contribution in [0, 0.1) is 12.7 Å². The van der Waals surface area contributed by atoms with Crippen molar-refractivity contribution in [3.63, 3.8) is 0 Å². The topological polar surface area (TPSA) is 68.8 Å². The molecule has 0 spiro atoms. The number of rotatable bonds is 5. The maximum Gasteiger partial charge on any atom is 0.257 e. The first-order chi connectivity index (χ1) is 14.5. The fourth-order valence-electron chi connectivity index (χ4n) is 3.30. The number of benzene rings is 2. The molecule has 0 radical (unpaired) electrons. The van der Waals surface area contributed by atoms with Gasteiger partial charge in [-0.1, -0.05) is 12.1 Å². The molecular weight excluding hydrogens is 383 g/mol. The van der Waals surface area contributed by atoms with Crippen LogP contribution in [0.1, 0.15) is 34.6 Å². The van der Waals surface area contributed by atoms with Crippen LogP contribution in [0.3, 0.4) is 0 Å². The van der Waals surface area contributed by atoms with Gasteiger partial charge in [-0.2, -0.15) is 10.2 Å². The molecule has 0 fully saturated rings. The lowest BCUT2D eigenvalue weighted by Crippen LogP contribution is -2.30. The molecule has 4 aromatic rings. The van der Waals surface area contributed by atoms with Crippen LogP contribution in [-0.2, 0) is 0 Å². The Morgan fingerprint density at radius 1 is 1.03 bits per heavy atom. The molecule has 0 aliphatic heterocycles. The van der Waals surface area contributed by atoms with Gasteiger partial charge in [-0.05, 0) is 55.8 Å². The third-order valence-corrected chi connectivity index (χ3v) is 5.27. The van der Waals surface area contributed by atoms with Crippen molar-refractivity contribution in [3.05, 3.63) is 90.0 Å². The van der Waals surface area contributed by atoms with Crippen LogP contribution in [0.25, 0.3) is 11.4 Å². The van der Waals surface area contributed by atoms with E-state index in [0.717, 1.165) is 11.3 Å². The summed E-state index contributed by atoms with van der Waals surface area (Å²) in [7, 11) is 1.77. The zero-order chi connectivity index (χ0) is 21.3. The first-order valence-electron chi connectivity index (χ1n) is 9.48. The van der Waals surface area contributed by atoms with Crippen LogP contribution in [0.15, 0.2) is 67.4 Å². The lowest BCUT2D eigenvalue weighted by molar-refractivity contribution is 0.0742. The number of aromatic nitrogens is 5. The number of hydrogen-bond acceptors (Lipinski definition) is 4. The van der Waals surface area contributed by atoms with Crippen molar-refractivity contribution in [2.75, 3.05) is 7.05 Å². The van der Waals surface area contributed by atoms with E-state index >= 15 is 0 Å². The zero-order valence-corrected chi connectivity index (χ0v) is 16.9. The van der Waals surface area contributed by atoms with E-state index in [-0.39, 0.29) is 17.8 Å². The van der Waals surface area contributed by atoms with Crippen molar-refractivity contribution >= 4 is 5.91 Å². The summed E-state index contributed by atoms with van der Waals surface area (Å²) >= 11 is 0. The summed E-state index contributed by atoms with van der Waals surface area (Å²) in [4.78, 5) is 18.8. The Labute approximate surface area is 173 Å². The van der Waals surface area contributed by atoms with Gasteiger partial charge in [0.2, 0.25) is 0 Å². The van der Waals surface area contributed by atoms with Gasteiger partial charge in [0.1, 0.15) is 18.5 Å². The fourth-order valence-corrected chi connectivity index (χ4v) is 3.30. The Balaban J connectivity index is 1.54. The number of nitrogens with zero attached hydrogens (tertiary/aromatic N) is 6. The number of amides is 1. The third kappa shape index (κ3) is 3.59. The molecule has 2 aromatic carbocycles. The molecule has 1 atom stereocenters. The van der Waals surface area contributed by atoms with E-state index in [2.05, 4.69) is 15.2 Å². The SMILES string of the molecule is Cc1c(C(=O)N(C)[C@@H](C)c2ccc(-n3cncn3)cc2)cnn1-c1ccc(F)cc1. The molecular formula is C22H21FN6O. The van der Waals surface area contributed by atoms with Crippen molar-refractivity contribution in [1.82, 2.24) is 29.4 Å². The van der Waals surface area contributed by atoms with E-state index in [1.165, 1.54) is 18.5 Å². The van der Waals surface area contributed by atoms with Crippen molar-refractivity contribution in [3.8, 4) is 11.4 Å². The van der Waals surface area contributed by atoms with Gasteiger partial charge >= 0.3 is 0 Å². The van der Waals surface area contributed by atoms with E-state index in [4.69, 9.17) is 0 Å².